The number of nitrogens with one attached hydrogen (secondary N) is 1. The monoisotopic (exact) mass is 217 g/mol. The Hall–Kier alpha value is -0.420. The third kappa shape index (κ3) is 2.33. The molecular formula is C9H15NO3S. The van der Waals surface area contributed by atoms with E-state index < -0.39 is 10.0 Å². The first-order valence-electron chi connectivity index (χ1n) is 5.11. The van der Waals surface area contributed by atoms with Gasteiger partial charge >= 0.3 is 0 Å². The molecule has 4 nitrogen and oxygen atoms in total. The van der Waals surface area contributed by atoms with Gasteiger partial charge in [0, 0.05) is 18.9 Å². The Kier molecular flexibility index (Phi) is 2.62. The highest BCUT2D eigenvalue weighted by molar-refractivity contribution is 7.90. The molecule has 0 aromatic carbocycles. The second-order valence-electron chi connectivity index (χ2n) is 4.18. The normalized spacial score (nSPS) is 25.3. The van der Waals surface area contributed by atoms with Crippen LogP contribution in [0.15, 0.2) is 0 Å². The van der Waals surface area contributed by atoms with Gasteiger partial charge in [0.25, 0.3) is 0 Å². The SMILES string of the molecule is O=C1CCC(NS(=O)(=O)C2CC2)CC1. The summed E-state index contributed by atoms with van der Waals surface area (Å²) in [5.41, 5.74) is 0. The van der Waals surface area contributed by atoms with Crippen LogP contribution in [0.2, 0.25) is 0 Å². The Morgan fingerprint density at radius 1 is 1.07 bits per heavy atom. The first-order chi connectivity index (χ1) is 6.58. The Morgan fingerprint density at radius 3 is 2.14 bits per heavy atom. The summed E-state index contributed by atoms with van der Waals surface area (Å²) in [5, 5.41) is -0.153. The van der Waals surface area contributed by atoms with E-state index in [0.29, 0.717) is 25.7 Å². The van der Waals surface area contributed by atoms with Crippen molar-refractivity contribution in [3.8, 4) is 0 Å². The first kappa shape index (κ1) is 10.1. The molecule has 0 amide bonds. The van der Waals surface area contributed by atoms with E-state index in [1.54, 1.807) is 0 Å². The van der Waals surface area contributed by atoms with Gasteiger partial charge in [-0.1, -0.05) is 0 Å². The zero-order valence-corrected chi connectivity index (χ0v) is 8.85. The molecule has 2 rings (SSSR count). The summed E-state index contributed by atoms with van der Waals surface area (Å²) >= 11 is 0. The molecule has 2 saturated carbocycles. The summed E-state index contributed by atoms with van der Waals surface area (Å²) in [6.45, 7) is 0. The first-order valence-corrected chi connectivity index (χ1v) is 6.65. The molecule has 0 bridgehead atoms. The second-order valence-corrected chi connectivity index (χ2v) is 6.17. The summed E-state index contributed by atoms with van der Waals surface area (Å²) in [6.07, 6.45) is 3.98. The van der Waals surface area contributed by atoms with Gasteiger partial charge in [0.1, 0.15) is 5.78 Å². The van der Waals surface area contributed by atoms with Crippen molar-refractivity contribution in [3.05, 3.63) is 0 Å². The van der Waals surface area contributed by atoms with Gasteiger partial charge < -0.3 is 0 Å². The van der Waals surface area contributed by atoms with Gasteiger partial charge in [0.05, 0.1) is 5.25 Å². The minimum absolute atomic E-state index is 0.00157. The molecule has 0 saturated heterocycles. The van der Waals surface area contributed by atoms with E-state index in [9.17, 15) is 13.2 Å². The average molecular weight is 217 g/mol. The van der Waals surface area contributed by atoms with Crippen molar-refractivity contribution in [1.82, 2.24) is 4.72 Å². The highest BCUT2D eigenvalue weighted by Gasteiger charge is 2.37. The molecule has 0 aromatic heterocycles. The van der Waals surface area contributed by atoms with E-state index in [4.69, 9.17) is 0 Å². The molecule has 0 atom stereocenters. The standard InChI is InChI=1S/C9H15NO3S/c11-8-3-1-7(2-4-8)10-14(12,13)9-5-6-9/h7,9-10H,1-6H2. The molecule has 0 aromatic rings. The maximum atomic E-state index is 11.5. The smallest absolute Gasteiger partial charge is 0.214 e. The molecule has 5 heteroatoms. The van der Waals surface area contributed by atoms with Gasteiger partial charge in [-0.05, 0) is 25.7 Å². The summed E-state index contributed by atoms with van der Waals surface area (Å²) < 4.78 is 25.8. The van der Waals surface area contributed by atoms with Gasteiger partial charge in [-0.2, -0.15) is 0 Å². The van der Waals surface area contributed by atoms with Crippen LogP contribution < -0.4 is 4.72 Å². The van der Waals surface area contributed by atoms with Crippen molar-refractivity contribution in [3.63, 3.8) is 0 Å². The van der Waals surface area contributed by atoms with E-state index in [1.165, 1.54) is 0 Å². The predicted molar refractivity (Wildman–Crippen MR) is 52.3 cm³/mol. The van der Waals surface area contributed by atoms with Crippen LogP contribution in [-0.2, 0) is 14.8 Å². The number of ketones is 1. The van der Waals surface area contributed by atoms with Crippen LogP contribution in [0.3, 0.4) is 0 Å². The fourth-order valence-electron chi connectivity index (χ4n) is 1.76. The van der Waals surface area contributed by atoms with E-state index in [1.807, 2.05) is 0 Å². The quantitative estimate of drug-likeness (QED) is 0.752. The summed E-state index contributed by atoms with van der Waals surface area (Å²) in [5.74, 6) is 0.256. The third-order valence-corrected chi connectivity index (χ3v) is 4.85. The molecule has 0 radical (unpaired) electrons. The van der Waals surface area contributed by atoms with E-state index in [-0.39, 0.29) is 17.1 Å². The molecule has 80 valence electrons. The van der Waals surface area contributed by atoms with E-state index in [0.717, 1.165) is 12.8 Å². The Morgan fingerprint density at radius 2 is 1.64 bits per heavy atom. The van der Waals surface area contributed by atoms with Crippen LogP contribution >= 0.6 is 0 Å². The fraction of sp³-hybridized carbons (Fsp3) is 0.889. The van der Waals surface area contributed by atoms with Crippen LogP contribution in [0.4, 0.5) is 0 Å². The second kappa shape index (κ2) is 3.62. The molecule has 2 aliphatic rings. The predicted octanol–water partition coefficient (Wildman–Crippen LogP) is 0.580. The lowest BCUT2D eigenvalue weighted by Crippen LogP contribution is -2.39. The van der Waals surface area contributed by atoms with Crippen molar-refractivity contribution < 1.29 is 13.2 Å². The zero-order valence-electron chi connectivity index (χ0n) is 8.03. The van der Waals surface area contributed by atoms with Crippen molar-refractivity contribution in [2.24, 2.45) is 0 Å². The number of rotatable bonds is 3. The Labute approximate surface area is 84.1 Å². The topological polar surface area (TPSA) is 63.2 Å². The minimum atomic E-state index is -3.07. The molecule has 0 spiro atoms. The summed E-state index contributed by atoms with van der Waals surface area (Å²) in [6, 6.07) is -0.00157. The Bertz CT molecular complexity index is 322. The van der Waals surface area contributed by atoms with Crippen LogP contribution in [0.1, 0.15) is 38.5 Å². The van der Waals surface area contributed by atoms with Crippen molar-refractivity contribution in [2.75, 3.05) is 0 Å². The lowest BCUT2D eigenvalue weighted by Gasteiger charge is -2.21. The summed E-state index contributed by atoms with van der Waals surface area (Å²) in [4.78, 5) is 10.9. The highest BCUT2D eigenvalue weighted by atomic mass is 32.2. The van der Waals surface area contributed by atoms with Crippen LogP contribution in [0, 0.1) is 0 Å². The highest BCUT2D eigenvalue weighted by Crippen LogP contribution is 2.28. The molecule has 0 unspecified atom stereocenters. The Balaban J connectivity index is 1.88. The fourth-order valence-corrected chi connectivity index (χ4v) is 3.41. The van der Waals surface area contributed by atoms with Crippen molar-refractivity contribution >= 4 is 15.8 Å². The average Bonchev–Trinajstić information content (AvgIpc) is 2.91. The number of hydrogen-bond donors (Lipinski definition) is 1. The van der Waals surface area contributed by atoms with E-state index in [2.05, 4.69) is 4.72 Å². The molecule has 0 heterocycles. The van der Waals surface area contributed by atoms with Gasteiger partial charge in [-0.3, -0.25) is 4.79 Å². The third-order valence-electron chi connectivity index (χ3n) is 2.84. The number of carbonyl (C=O) groups is 1. The maximum Gasteiger partial charge on any atom is 0.214 e. The van der Waals surface area contributed by atoms with Crippen LogP contribution in [-0.4, -0.2) is 25.5 Å². The molecular weight excluding hydrogens is 202 g/mol. The number of Topliss-reactive ketones (excluding diaryl/α,β-unsaturated/α-hetero) is 1. The maximum absolute atomic E-state index is 11.5. The number of carbonyl (C=O) groups excluding carboxylic acids is 1. The number of sulfonamides is 1. The zero-order chi connectivity index (χ0) is 10.2. The van der Waals surface area contributed by atoms with Crippen molar-refractivity contribution in [2.45, 2.75) is 49.8 Å². The minimum Gasteiger partial charge on any atom is -0.300 e. The van der Waals surface area contributed by atoms with Gasteiger partial charge in [-0.15, -0.1) is 0 Å². The largest absolute Gasteiger partial charge is 0.300 e. The molecule has 2 fully saturated rings. The van der Waals surface area contributed by atoms with Crippen LogP contribution in [0.5, 0.6) is 0 Å². The molecule has 0 aliphatic heterocycles. The summed E-state index contributed by atoms with van der Waals surface area (Å²) in [7, 11) is -3.07. The lowest BCUT2D eigenvalue weighted by atomic mass is 9.95. The molecule has 14 heavy (non-hydrogen) atoms. The van der Waals surface area contributed by atoms with Crippen LogP contribution in [0.25, 0.3) is 0 Å². The van der Waals surface area contributed by atoms with Gasteiger partial charge in [-0.25, -0.2) is 13.1 Å². The molecule has 2 aliphatic carbocycles. The van der Waals surface area contributed by atoms with Crippen molar-refractivity contribution in [1.29, 1.82) is 0 Å². The van der Waals surface area contributed by atoms with E-state index >= 15 is 0 Å². The van der Waals surface area contributed by atoms with Gasteiger partial charge in [0.2, 0.25) is 10.0 Å². The number of hydrogen-bond acceptors (Lipinski definition) is 3. The lowest BCUT2D eigenvalue weighted by molar-refractivity contribution is -0.120. The van der Waals surface area contributed by atoms with Gasteiger partial charge in [0.15, 0.2) is 0 Å². The molecule has 1 N–H and O–H groups in total.